The lowest BCUT2D eigenvalue weighted by atomic mass is 10.0. The Morgan fingerprint density at radius 2 is 1.86 bits per heavy atom. The summed E-state index contributed by atoms with van der Waals surface area (Å²) >= 11 is 0. The maximum atomic E-state index is 12.6. The van der Waals surface area contributed by atoms with E-state index in [9.17, 15) is 4.79 Å². The minimum atomic E-state index is -0.178. The summed E-state index contributed by atoms with van der Waals surface area (Å²) in [6.45, 7) is 8.38. The van der Waals surface area contributed by atoms with Crippen LogP contribution in [-0.4, -0.2) is 26.6 Å². The third-order valence-corrected chi connectivity index (χ3v) is 5.00. The molecule has 0 radical (unpaired) electrons. The van der Waals surface area contributed by atoms with Gasteiger partial charge in [-0.3, -0.25) is 4.79 Å². The van der Waals surface area contributed by atoms with Gasteiger partial charge in [0.15, 0.2) is 0 Å². The summed E-state index contributed by atoms with van der Waals surface area (Å²) in [5, 5.41) is 3.96. The maximum absolute atomic E-state index is 12.6. The van der Waals surface area contributed by atoms with Crippen molar-refractivity contribution in [3.05, 3.63) is 59.4 Å². The molecule has 5 nitrogen and oxygen atoms in total. The summed E-state index contributed by atoms with van der Waals surface area (Å²) in [5.74, 6) is 1.42. The molecule has 1 N–H and O–H groups in total. The molecule has 1 amide bonds. The number of anilines is 2. The van der Waals surface area contributed by atoms with E-state index in [-0.39, 0.29) is 5.91 Å². The van der Waals surface area contributed by atoms with Crippen LogP contribution in [0, 0.1) is 13.8 Å². The quantitative estimate of drug-likeness (QED) is 0.558. The van der Waals surface area contributed by atoms with Gasteiger partial charge >= 0.3 is 0 Å². The zero-order valence-electron chi connectivity index (χ0n) is 17.9. The number of hydrogen-bond donors (Lipinski definition) is 1. The van der Waals surface area contributed by atoms with Gasteiger partial charge in [-0.25, -0.2) is 0 Å². The first-order valence-corrected chi connectivity index (χ1v) is 9.73. The van der Waals surface area contributed by atoms with E-state index in [1.54, 1.807) is 6.08 Å². The smallest absolute Gasteiger partial charge is 0.248 e. The van der Waals surface area contributed by atoms with Crippen molar-refractivity contribution in [2.75, 3.05) is 30.9 Å². The molecule has 0 spiro atoms. The summed E-state index contributed by atoms with van der Waals surface area (Å²) in [5.41, 5.74) is 5.45. The van der Waals surface area contributed by atoms with Gasteiger partial charge in [0.05, 0.1) is 6.61 Å². The summed E-state index contributed by atoms with van der Waals surface area (Å²) < 4.78 is 11.6. The third-order valence-electron chi connectivity index (χ3n) is 5.00. The fourth-order valence-corrected chi connectivity index (χ4v) is 3.25. The molecule has 0 aliphatic heterocycles. The topological polar surface area (TPSA) is 54.7 Å². The van der Waals surface area contributed by atoms with Gasteiger partial charge in [-0.1, -0.05) is 0 Å². The lowest BCUT2D eigenvalue weighted by molar-refractivity contribution is -0.111. The van der Waals surface area contributed by atoms with Crippen molar-refractivity contribution in [2.24, 2.45) is 0 Å². The number of nitrogens with zero attached hydrogens (tertiary/aromatic N) is 1. The summed E-state index contributed by atoms with van der Waals surface area (Å²) in [4.78, 5) is 14.6. The Labute approximate surface area is 172 Å². The second-order valence-corrected chi connectivity index (χ2v) is 7.32. The van der Waals surface area contributed by atoms with E-state index in [1.807, 2.05) is 83.1 Å². The SMILES string of the molecule is CCOc1cc2oc(C)c(C)c2cc1/C(C)=C/C(=O)Nc1ccc(N(C)C)cc1. The van der Waals surface area contributed by atoms with Crippen LogP contribution in [0.15, 0.2) is 46.9 Å². The van der Waals surface area contributed by atoms with E-state index >= 15 is 0 Å². The number of carbonyl (C=O) groups is 1. The molecule has 1 aromatic heterocycles. The highest BCUT2D eigenvalue weighted by atomic mass is 16.5. The Bertz CT molecular complexity index is 1060. The highest BCUT2D eigenvalue weighted by molar-refractivity contribution is 6.04. The standard InChI is InChI=1S/C24H28N2O3/c1-7-28-22-14-23-21(16(3)17(4)29-23)13-20(22)15(2)12-24(27)25-18-8-10-19(11-9-18)26(5)6/h8-14H,7H2,1-6H3,(H,25,27)/b15-12+. The monoisotopic (exact) mass is 392 g/mol. The first kappa shape index (κ1) is 20.5. The number of rotatable bonds is 6. The minimum Gasteiger partial charge on any atom is -0.493 e. The van der Waals surface area contributed by atoms with Gasteiger partial charge in [-0.2, -0.15) is 0 Å². The predicted molar refractivity (Wildman–Crippen MR) is 120 cm³/mol. The lowest BCUT2D eigenvalue weighted by Crippen LogP contribution is -2.10. The van der Waals surface area contributed by atoms with E-state index in [0.717, 1.165) is 44.8 Å². The van der Waals surface area contributed by atoms with Crippen LogP contribution < -0.4 is 15.0 Å². The largest absolute Gasteiger partial charge is 0.493 e. The molecule has 0 aliphatic rings. The first-order chi connectivity index (χ1) is 13.8. The maximum Gasteiger partial charge on any atom is 0.248 e. The van der Waals surface area contributed by atoms with Gasteiger partial charge in [0, 0.05) is 48.6 Å². The van der Waals surface area contributed by atoms with Gasteiger partial charge in [0.2, 0.25) is 5.91 Å². The van der Waals surface area contributed by atoms with Crippen LogP contribution in [0.3, 0.4) is 0 Å². The fourth-order valence-electron chi connectivity index (χ4n) is 3.25. The van der Waals surface area contributed by atoms with E-state index in [1.165, 1.54) is 0 Å². The number of aryl methyl sites for hydroxylation is 2. The normalized spacial score (nSPS) is 11.6. The Hall–Kier alpha value is -3.21. The van der Waals surface area contributed by atoms with Crippen LogP contribution in [0.2, 0.25) is 0 Å². The molecule has 5 heteroatoms. The molecule has 0 saturated carbocycles. The van der Waals surface area contributed by atoms with Gasteiger partial charge < -0.3 is 19.4 Å². The molecule has 29 heavy (non-hydrogen) atoms. The summed E-state index contributed by atoms with van der Waals surface area (Å²) in [7, 11) is 3.96. The van der Waals surface area contributed by atoms with Crippen molar-refractivity contribution in [1.29, 1.82) is 0 Å². The first-order valence-electron chi connectivity index (χ1n) is 9.73. The van der Waals surface area contributed by atoms with Gasteiger partial charge in [0.25, 0.3) is 0 Å². The number of ether oxygens (including phenoxy) is 1. The molecule has 152 valence electrons. The van der Waals surface area contributed by atoms with E-state index in [0.29, 0.717) is 12.4 Å². The Balaban J connectivity index is 1.89. The van der Waals surface area contributed by atoms with Crippen LogP contribution in [0.25, 0.3) is 16.5 Å². The fraction of sp³-hybridized carbons (Fsp3) is 0.292. The zero-order valence-corrected chi connectivity index (χ0v) is 17.9. The van der Waals surface area contributed by atoms with Crippen molar-refractivity contribution in [2.45, 2.75) is 27.7 Å². The molecular weight excluding hydrogens is 364 g/mol. The van der Waals surface area contributed by atoms with Crippen molar-refractivity contribution < 1.29 is 13.9 Å². The minimum absolute atomic E-state index is 0.178. The summed E-state index contributed by atoms with van der Waals surface area (Å²) in [6, 6.07) is 11.7. The number of carbonyl (C=O) groups excluding carboxylic acids is 1. The van der Waals surface area contributed by atoms with E-state index in [2.05, 4.69) is 5.32 Å². The number of allylic oxidation sites excluding steroid dienone is 1. The van der Waals surface area contributed by atoms with Crippen LogP contribution in [0.5, 0.6) is 5.75 Å². The van der Waals surface area contributed by atoms with Gasteiger partial charge in [-0.15, -0.1) is 0 Å². The van der Waals surface area contributed by atoms with Gasteiger partial charge in [0.1, 0.15) is 17.1 Å². The van der Waals surface area contributed by atoms with Crippen molar-refractivity contribution >= 4 is 33.8 Å². The van der Waals surface area contributed by atoms with Crippen molar-refractivity contribution in [3.63, 3.8) is 0 Å². The second kappa shape index (κ2) is 8.43. The number of hydrogen-bond acceptors (Lipinski definition) is 4. The van der Waals surface area contributed by atoms with Crippen LogP contribution in [-0.2, 0) is 4.79 Å². The number of fused-ring (bicyclic) bond motifs is 1. The Kier molecular flexibility index (Phi) is 5.97. The number of furan rings is 1. The lowest BCUT2D eigenvalue weighted by Gasteiger charge is -2.13. The highest BCUT2D eigenvalue weighted by Gasteiger charge is 2.14. The number of benzene rings is 2. The molecule has 2 aromatic carbocycles. The summed E-state index contributed by atoms with van der Waals surface area (Å²) in [6.07, 6.45) is 1.60. The molecule has 0 unspecified atom stereocenters. The van der Waals surface area contributed by atoms with Crippen molar-refractivity contribution in [3.8, 4) is 5.75 Å². The van der Waals surface area contributed by atoms with Gasteiger partial charge in [-0.05, 0) is 69.2 Å². The highest BCUT2D eigenvalue weighted by Crippen LogP contribution is 2.35. The molecule has 0 saturated heterocycles. The van der Waals surface area contributed by atoms with Crippen molar-refractivity contribution in [1.82, 2.24) is 0 Å². The van der Waals surface area contributed by atoms with Crippen LogP contribution >= 0.6 is 0 Å². The molecule has 0 fully saturated rings. The predicted octanol–water partition coefficient (Wildman–Crippen LogP) is 5.56. The van der Waals surface area contributed by atoms with Crippen LogP contribution in [0.1, 0.15) is 30.7 Å². The second-order valence-electron chi connectivity index (χ2n) is 7.32. The van der Waals surface area contributed by atoms with E-state index in [4.69, 9.17) is 9.15 Å². The molecule has 1 heterocycles. The Morgan fingerprint density at radius 3 is 2.48 bits per heavy atom. The zero-order chi connectivity index (χ0) is 21.1. The number of amides is 1. The third kappa shape index (κ3) is 4.45. The molecule has 0 atom stereocenters. The molecule has 3 aromatic rings. The molecule has 0 bridgehead atoms. The number of nitrogens with one attached hydrogen (secondary N) is 1. The van der Waals surface area contributed by atoms with E-state index < -0.39 is 0 Å². The average Bonchev–Trinajstić information content (AvgIpc) is 2.95. The average molecular weight is 392 g/mol. The molecule has 0 aliphatic carbocycles. The Morgan fingerprint density at radius 1 is 1.17 bits per heavy atom. The molecule has 3 rings (SSSR count). The van der Waals surface area contributed by atoms with Crippen LogP contribution in [0.4, 0.5) is 11.4 Å². The molecular formula is C24H28N2O3.